The van der Waals surface area contributed by atoms with Crippen LogP contribution in [0, 0.1) is 21.4 Å². The normalized spacial score (nSPS) is 10.4. The summed E-state index contributed by atoms with van der Waals surface area (Å²) in [6.07, 6.45) is 2.45. The summed E-state index contributed by atoms with van der Waals surface area (Å²) in [5, 5.41) is 30.7. The van der Waals surface area contributed by atoms with Gasteiger partial charge in [-0.05, 0) is 17.4 Å². The van der Waals surface area contributed by atoms with Crippen LogP contribution in [0.2, 0.25) is 0 Å². The van der Waals surface area contributed by atoms with Crippen molar-refractivity contribution in [1.29, 1.82) is 5.26 Å². The topological polar surface area (TPSA) is 116 Å². The lowest BCUT2D eigenvalue weighted by atomic mass is 10.1. The van der Waals surface area contributed by atoms with E-state index in [1.165, 1.54) is 12.1 Å². The fraction of sp³-hybridized carbons (Fsp3) is 0.0769. The molecule has 0 atom stereocenters. The molecule has 0 heterocycles. The average Bonchev–Trinajstić information content (AvgIpc) is 2.43. The van der Waals surface area contributed by atoms with Gasteiger partial charge in [0.15, 0.2) is 0 Å². The van der Waals surface area contributed by atoms with Crippen molar-refractivity contribution in [2.75, 3.05) is 6.61 Å². The summed E-state index contributed by atoms with van der Waals surface area (Å²) in [6, 6.07) is 4.88. The highest BCUT2D eigenvalue weighted by Gasteiger charge is 2.12. The monoisotopic (exact) mass is 273 g/mol. The number of rotatable bonds is 5. The van der Waals surface area contributed by atoms with Crippen molar-refractivity contribution < 1.29 is 19.6 Å². The minimum absolute atomic E-state index is 0.0580. The highest BCUT2D eigenvalue weighted by atomic mass is 16.6. The summed E-state index contributed by atoms with van der Waals surface area (Å²) in [5.41, 5.74) is -0.779. The summed E-state index contributed by atoms with van der Waals surface area (Å²) in [6.45, 7) is 3.30. The molecule has 1 aromatic carbocycles. The first-order chi connectivity index (χ1) is 9.49. The van der Waals surface area contributed by atoms with Gasteiger partial charge in [-0.3, -0.25) is 10.1 Å². The van der Waals surface area contributed by atoms with Gasteiger partial charge in [0.1, 0.15) is 18.2 Å². The molecule has 0 aliphatic rings. The van der Waals surface area contributed by atoms with Crippen molar-refractivity contribution in [2.45, 2.75) is 0 Å². The lowest BCUT2D eigenvalue weighted by Gasteiger charge is -2.06. The number of nitriles is 1. The maximum absolute atomic E-state index is 11.5. The molecular formula is C13H9N2O5-. The summed E-state index contributed by atoms with van der Waals surface area (Å²) >= 11 is 0. The molecule has 102 valence electrons. The van der Waals surface area contributed by atoms with Crippen molar-refractivity contribution in [1.82, 2.24) is 0 Å². The van der Waals surface area contributed by atoms with E-state index in [0.29, 0.717) is 0 Å². The Bertz CT molecular complexity index is 628. The number of esters is 1. The van der Waals surface area contributed by atoms with Gasteiger partial charge in [0.2, 0.25) is 0 Å². The molecule has 0 radical (unpaired) electrons. The number of hydrogen-bond acceptors (Lipinski definition) is 6. The van der Waals surface area contributed by atoms with Gasteiger partial charge in [-0.15, -0.1) is 0 Å². The maximum Gasteiger partial charge on any atom is 0.349 e. The van der Waals surface area contributed by atoms with Crippen molar-refractivity contribution >= 4 is 17.7 Å². The molecule has 0 amide bonds. The quantitative estimate of drug-likeness (QED) is 0.199. The zero-order valence-corrected chi connectivity index (χ0v) is 10.2. The predicted octanol–water partition coefficient (Wildman–Crippen LogP) is 1.30. The van der Waals surface area contributed by atoms with Crippen molar-refractivity contribution in [2.24, 2.45) is 0 Å². The first kappa shape index (κ1) is 14.9. The minimum atomic E-state index is -0.874. The number of benzene rings is 1. The molecule has 0 aliphatic heterocycles. The first-order valence-electron chi connectivity index (χ1n) is 5.35. The van der Waals surface area contributed by atoms with Crippen LogP contribution in [0.25, 0.3) is 6.08 Å². The third-order valence-electron chi connectivity index (χ3n) is 2.16. The summed E-state index contributed by atoms with van der Waals surface area (Å²) in [7, 11) is 0. The second-order valence-electron chi connectivity index (χ2n) is 3.54. The Balaban J connectivity index is 3.11. The third-order valence-corrected chi connectivity index (χ3v) is 2.16. The SMILES string of the molecule is C=CCOC(=O)/C(C#N)=C/c1ccc([O-])c([N+](=O)[O-])c1. The largest absolute Gasteiger partial charge is 0.868 e. The van der Waals surface area contributed by atoms with E-state index in [1.807, 2.05) is 0 Å². The molecular weight excluding hydrogens is 264 g/mol. The molecule has 0 N–H and O–H groups in total. The van der Waals surface area contributed by atoms with Crippen LogP contribution in [0.3, 0.4) is 0 Å². The molecule has 0 bridgehead atoms. The first-order valence-corrected chi connectivity index (χ1v) is 5.35. The number of nitrogens with zero attached hydrogens (tertiary/aromatic N) is 2. The fourth-order valence-electron chi connectivity index (χ4n) is 1.28. The average molecular weight is 273 g/mol. The van der Waals surface area contributed by atoms with Gasteiger partial charge in [-0.2, -0.15) is 5.26 Å². The number of carbonyl (C=O) groups is 1. The molecule has 0 saturated carbocycles. The number of nitro benzene ring substituents is 1. The second-order valence-corrected chi connectivity index (χ2v) is 3.54. The van der Waals surface area contributed by atoms with Crippen molar-refractivity contribution in [3.63, 3.8) is 0 Å². The molecule has 1 aromatic rings. The van der Waals surface area contributed by atoms with E-state index in [2.05, 4.69) is 11.3 Å². The predicted molar refractivity (Wildman–Crippen MR) is 67.3 cm³/mol. The van der Waals surface area contributed by atoms with E-state index in [1.54, 1.807) is 6.07 Å². The van der Waals surface area contributed by atoms with Crippen molar-refractivity contribution in [3.8, 4) is 11.8 Å². The van der Waals surface area contributed by atoms with E-state index >= 15 is 0 Å². The number of carbonyl (C=O) groups excluding carboxylic acids is 1. The summed E-state index contributed by atoms with van der Waals surface area (Å²) in [5.74, 6) is -1.62. The maximum atomic E-state index is 11.5. The summed E-state index contributed by atoms with van der Waals surface area (Å²) in [4.78, 5) is 21.3. The molecule has 7 nitrogen and oxygen atoms in total. The van der Waals surface area contributed by atoms with Crippen LogP contribution < -0.4 is 5.11 Å². The number of ether oxygens (including phenoxy) is 1. The van der Waals surface area contributed by atoms with Crippen LogP contribution in [0.5, 0.6) is 5.75 Å². The van der Waals surface area contributed by atoms with E-state index in [0.717, 1.165) is 18.2 Å². The van der Waals surface area contributed by atoms with Crippen LogP contribution in [-0.2, 0) is 9.53 Å². The van der Waals surface area contributed by atoms with Crippen LogP contribution in [-0.4, -0.2) is 17.5 Å². The van der Waals surface area contributed by atoms with Gasteiger partial charge in [-0.1, -0.05) is 24.8 Å². The second kappa shape index (κ2) is 6.70. The highest BCUT2D eigenvalue weighted by molar-refractivity contribution is 5.98. The lowest BCUT2D eigenvalue weighted by Crippen LogP contribution is -2.06. The summed E-state index contributed by atoms with van der Waals surface area (Å²) < 4.78 is 4.67. The van der Waals surface area contributed by atoms with E-state index in [9.17, 15) is 20.0 Å². The molecule has 7 heteroatoms. The Labute approximate surface area is 114 Å². The molecule has 20 heavy (non-hydrogen) atoms. The standard InChI is InChI=1S/C13H10N2O5/c1-2-5-20-13(17)10(8-14)6-9-3-4-12(16)11(7-9)15(18)19/h2-4,6-7,16H,1,5H2/p-1/b10-6+. The van der Waals surface area contributed by atoms with Crippen LogP contribution in [0.4, 0.5) is 5.69 Å². The van der Waals surface area contributed by atoms with Gasteiger partial charge in [0, 0.05) is 6.07 Å². The molecule has 0 saturated heterocycles. The Morgan fingerprint density at radius 1 is 1.55 bits per heavy atom. The van der Waals surface area contributed by atoms with Crippen LogP contribution >= 0.6 is 0 Å². The Morgan fingerprint density at radius 3 is 2.80 bits per heavy atom. The van der Waals surface area contributed by atoms with Gasteiger partial charge in [-0.25, -0.2) is 4.79 Å². The van der Waals surface area contributed by atoms with Crippen LogP contribution in [0.1, 0.15) is 5.56 Å². The van der Waals surface area contributed by atoms with E-state index < -0.39 is 22.3 Å². The Morgan fingerprint density at radius 2 is 2.25 bits per heavy atom. The van der Waals surface area contributed by atoms with Gasteiger partial charge in [0.05, 0.1) is 4.92 Å². The number of nitro groups is 1. The van der Waals surface area contributed by atoms with Crippen LogP contribution in [0.15, 0.2) is 36.4 Å². The third kappa shape index (κ3) is 3.68. The van der Waals surface area contributed by atoms with Gasteiger partial charge < -0.3 is 9.84 Å². The van der Waals surface area contributed by atoms with E-state index in [4.69, 9.17) is 5.26 Å². The molecule has 0 unspecified atom stereocenters. The smallest absolute Gasteiger partial charge is 0.349 e. The van der Waals surface area contributed by atoms with Gasteiger partial charge >= 0.3 is 5.97 Å². The Kier molecular flexibility index (Phi) is 5.00. The fourth-order valence-corrected chi connectivity index (χ4v) is 1.28. The lowest BCUT2D eigenvalue weighted by molar-refractivity contribution is -0.398. The van der Waals surface area contributed by atoms with E-state index in [-0.39, 0.29) is 17.7 Å². The molecule has 0 fully saturated rings. The highest BCUT2D eigenvalue weighted by Crippen LogP contribution is 2.24. The molecule has 1 rings (SSSR count). The van der Waals surface area contributed by atoms with Crippen molar-refractivity contribution in [3.05, 3.63) is 52.1 Å². The zero-order valence-electron chi connectivity index (χ0n) is 10.2. The minimum Gasteiger partial charge on any atom is -0.868 e. The Hall–Kier alpha value is -3.14. The van der Waals surface area contributed by atoms with Gasteiger partial charge in [0.25, 0.3) is 5.69 Å². The molecule has 0 spiro atoms. The number of hydrogen-bond donors (Lipinski definition) is 0. The zero-order chi connectivity index (χ0) is 15.1. The molecule has 0 aliphatic carbocycles. The molecule has 0 aromatic heterocycles.